The summed E-state index contributed by atoms with van der Waals surface area (Å²) in [5.74, 6) is 0.889. The van der Waals surface area contributed by atoms with Gasteiger partial charge in [0.05, 0.1) is 0 Å². The van der Waals surface area contributed by atoms with Gasteiger partial charge in [0.15, 0.2) is 0 Å². The Morgan fingerprint density at radius 1 is 1.24 bits per heavy atom. The Kier molecular flexibility index (Phi) is 4.26. The van der Waals surface area contributed by atoms with Crippen molar-refractivity contribution in [2.24, 2.45) is 17.1 Å². The highest BCUT2D eigenvalue weighted by Crippen LogP contribution is 2.40. The Morgan fingerprint density at radius 3 is 2.35 bits per heavy atom. The maximum atomic E-state index is 6.05. The summed E-state index contributed by atoms with van der Waals surface area (Å²) in [7, 11) is 0. The first-order valence-corrected chi connectivity index (χ1v) is 7.37. The van der Waals surface area contributed by atoms with Gasteiger partial charge in [0.1, 0.15) is 0 Å². The van der Waals surface area contributed by atoms with Crippen molar-refractivity contribution in [3.05, 3.63) is 34.3 Å². The number of halogens is 1. The molecule has 1 aliphatic carbocycles. The lowest BCUT2D eigenvalue weighted by Crippen LogP contribution is -2.36. The molecule has 0 radical (unpaired) electrons. The average Bonchev–Trinajstić information content (AvgIpc) is 2.35. The maximum absolute atomic E-state index is 6.05. The topological polar surface area (TPSA) is 26.0 Å². The van der Waals surface area contributed by atoms with Crippen molar-refractivity contribution >= 4 is 15.9 Å². The second-order valence-electron chi connectivity index (χ2n) is 5.69. The van der Waals surface area contributed by atoms with Gasteiger partial charge in [-0.05, 0) is 54.8 Å². The fourth-order valence-corrected chi connectivity index (χ4v) is 3.13. The molecule has 0 spiro atoms. The third kappa shape index (κ3) is 3.32. The van der Waals surface area contributed by atoms with Crippen LogP contribution in [0.2, 0.25) is 0 Å². The highest BCUT2D eigenvalue weighted by Gasteiger charge is 2.32. The molecule has 0 unspecified atom stereocenters. The van der Waals surface area contributed by atoms with Gasteiger partial charge < -0.3 is 5.73 Å². The van der Waals surface area contributed by atoms with Crippen molar-refractivity contribution in [1.29, 1.82) is 0 Å². The van der Waals surface area contributed by atoms with Crippen LogP contribution in [-0.2, 0) is 6.42 Å². The van der Waals surface area contributed by atoms with Gasteiger partial charge in [-0.15, -0.1) is 0 Å². The van der Waals surface area contributed by atoms with E-state index in [1.165, 1.54) is 31.2 Å². The fraction of sp³-hybridized carbons (Fsp3) is 0.600. The van der Waals surface area contributed by atoms with Gasteiger partial charge in [0.25, 0.3) is 0 Å². The third-order valence-electron chi connectivity index (χ3n) is 4.26. The SMILES string of the molecule is CC1CCC(CN)(Cc2ccc(Br)cc2)CC1. The maximum Gasteiger partial charge on any atom is 0.0175 e. The highest BCUT2D eigenvalue weighted by atomic mass is 79.9. The molecule has 0 atom stereocenters. The smallest absolute Gasteiger partial charge is 0.0175 e. The van der Waals surface area contributed by atoms with Crippen LogP contribution in [0.25, 0.3) is 0 Å². The van der Waals surface area contributed by atoms with Crippen LogP contribution in [0, 0.1) is 11.3 Å². The average molecular weight is 296 g/mol. The largest absolute Gasteiger partial charge is 0.330 e. The molecule has 0 saturated heterocycles. The number of hydrogen-bond acceptors (Lipinski definition) is 1. The summed E-state index contributed by atoms with van der Waals surface area (Å²) in [5, 5.41) is 0. The number of hydrogen-bond donors (Lipinski definition) is 1. The van der Waals surface area contributed by atoms with Crippen LogP contribution >= 0.6 is 15.9 Å². The fourth-order valence-electron chi connectivity index (χ4n) is 2.86. The molecule has 1 aromatic carbocycles. The third-order valence-corrected chi connectivity index (χ3v) is 4.79. The van der Waals surface area contributed by atoms with Gasteiger partial charge in [-0.1, -0.05) is 47.8 Å². The Bertz CT molecular complexity index is 350. The molecule has 0 aliphatic heterocycles. The van der Waals surface area contributed by atoms with Crippen LogP contribution in [0.5, 0.6) is 0 Å². The van der Waals surface area contributed by atoms with Gasteiger partial charge in [0.2, 0.25) is 0 Å². The molecule has 1 aromatic rings. The molecule has 2 heteroatoms. The van der Waals surface area contributed by atoms with E-state index < -0.39 is 0 Å². The van der Waals surface area contributed by atoms with Crippen molar-refractivity contribution in [3.63, 3.8) is 0 Å². The molecule has 0 amide bonds. The van der Waals surface area contributed by atoms with E-state index in [1.807, 2.05) is 0 Å². The molecule has 17 heavy (non-hydrogen) atoms. The number of benzene rings is 1. The summed E-state index contributed by atoms with van der Waals surface area (Å²) in [6, 6.07) is 8.70. The van der Waals surface area contributed by atoms with E-state index in [1.54, 1.807) is 0 Å². The van der Waals surface area contributed by atoms with Crippen LogP contribution in [0.4, 0.5) is 0 Å². The van der Waals surface area contributed by atoms with Crippen molar-refractivity contribution in [2.45, 2.75) is 39.0 Å². The summed E-state index contributed by atoms with van der Waals surface area (Å²) >= 11 is 3.48. The zero-order valence-electron chi connectivity index (χ0n) is 10.6. The van der Waals surface area contributed by atoms with Crippen molar-refractivity contribution in [1.82, 2.24) is 0 Å². The Morgan fingerprint density at radius 2 is 1.82 bits per heavy atom. The summed E-state index contributed by atoms with van der Waals surface area (Å²) in [5.41, 5.74) is 7.84. The Balaban J connectivity index is 2.06. The van der Waals surface area contributed by atoms with Crippen molar-refractivity contribution < 1.29 is 0 Å². The van der Waals surface area contributed by atoms with Crippen molar-refractivity contribution in [3.8, 4) is 0 Å². The minimum Gasteiger partial charge on any atom is -0.330 e. The molecule has 0 heterocycles. The van der Waals surface area contributed by atoms with Crippen LogP contribution in [0.15, 0.2) is 28.7 Å². The second-order valence-corrected chi connectivity index (χ2v) is 6.61. The number of rotatable bonds is 3. The van der Waals surface area contributed by atoms with E-state index in [-0.39, 0.29) is 0 Å². The molecule has 0 bridgehead atoms. The molecule has 2 rings (SSSR count). The summed E-state index contributed by atoms with van der Waals surface area (Å²) in [4.78, 5) is 0. The molecule has 1 aliphatic rings. The summed E-state index contributed by atoms with van der Waals surface area (Å²) < 4.78 is 1.15. The van der Waals surface area contributed by atoms with Gasteiger partial charge in [0, 0.05) is 4.47 Å². The molecular formula is C15H22BrN. The molecule has 1 fully saturated rings. The quantitative estimate of drug-likeness (QED) is 0.891. The van der Waals surface area contributed by atoms with Crippen LogP contribution in [0.3, 0.4) is 0 Å². The Labute approximate surface area is 113 Å². The van der Waals surface area contributed by atoms with E-state index in [9.17, 15) is 0 Å². The zero-order chi connectivity index (χ0) is 12.3. The predicted octanol–water partition coefficient (Wildman–Crippen LogP) is 4.15. The predicted molar refractivity (Wildman–Crippen MR) is 77.0 cm³/mol. The van der Waals surface area contributed by atoms with E-state index in [4.69, 9.17) is 5.73 Å². The van der Waals surface area contributed by atoms with Gasteiger partial charge in [-0.25, -0.2) is 0 Å². The van der Waals surface area contributed by atoms with E-state index in [0.29, 0.717) is 5.41 Å². The normalized spacial score (nSPS) is 29.2. The monoisotopic (exact) mass is 295 g/mol. The molecular weight excluding hydrogens is 274 g/mol. The lowest BCUT2D eigenvalue weighted by molar-refractivity contribution is 0.163. The minimum absolute atomic E-state index is 0.361. The van der Waals surface area contributed by atoms with E-state index in [0.717, 1.165) is 23.4 Å². The van der Waals surface area contributed by atoms with Gasteiger partial charge in [-0.2, -0.15) is 0 Å². The minimum atomic E-state index is 0.361. The number of nitrogens with two attached hydrogens (primary N) is 1. The molecule has 1 saturated carbocycles. The molecule has 2 N–H and O–H groups in total. The Hall–Kier alpha value is -0.340. The lowest BCUT2D eigenvalue weighted by atomic mass is 9.68. The van der Waals surface area contributed by atoms with Crippen LogP contribution < -0.4 is 5.73 Å². The van der Waals surface area contributed by atoms with Crippen LogP contribution in [-0.4, -0.2) is 6.54 Å². The highest BCUT2D eigenvalue weighted by molar-refractivity contribution is 9.10. The first-order valence-electron chi connectivity index (χ1n) is 6.58. The van der Waals surface area contributed by atoms with Gasteiger partial charge in [-0.3, -0.25) is 0 Å². The molecule has 0 aromatic heterocycles. The second kappa shape index (κ2) is 5.53. The summed E-state index contributed by atoms with van der Waals surface area (Å²) in [6.07, 6.45) is 6.41. The molecule has 1 nitrogen and oxygen atoms in total. The zero-order valence-corrected chi connectivity index (χ0v) is 12.2. The van der Waals surface area contributed by atoms with Gasteiger partial charge >= 0.3 is 0 Å². The van der Waals surface area contributed by atoms with E-state index in [2.05, 4.69) is 47.1 Å². The summed E-state index contributed by atoms with van der Waals surface area (Å²) in [6.45, 7) is 3.19. The van der Waals surface area contributed by atoms with Crippen molar-refractivity contribution in [2.75, 3.05) is 6.54 Å². The standard InChI is InChI=1S/C15H22BrN/c1-12-6-8-15(11-17,9-7-12)10-13-2-4-14(16)5-3-13/h2-5,12H,6-11,17H2,1H3. The first kappa shape index (κ1) is 13.1. The van der Waals surface area contributed by atoms with Crippen LogP contribution in [0.1, 0.15) is 38.2 Å². The first-order chi connectivity index (χ1) is 8.13. The van der Waals surface area contributed by atoms with E-state index >= 15 is 0 Å². The molecule has 94 valence electrons. The lowest BCUT2D eigenvalue weighted by Gasteiger charge is -2.39.